The van der Waals surface area contributed by atoms with Crippen LogP contribution in [0.5, 0.6) is 11.5 Å². The maximum absolute atomic E-state index is 10.9. The highest BCUT2D eigenvalue weighted by Gasteiger charge is 2.18. The second kappa shape index (κ2) is 5.65. The molecule has 0 atom stereocenters. The van der Waals surface area contributed by atoms with E-state index in [1.54, 1.807) is 18.2 Å². The first-order chi connectivity index (χ1) is 8.35. The van der Waals surface area contributed by atoms with Gasteiger partial charge in [-0.1, -0.05) is 6.07 Å². The molecule has 0 radical (unpaired) electrons. The smallest absolute Gasteiger partial charge is 0.191 e. The Hall–Kier alpha value is -1.59. The Balaban J connectivity index is 2.09. The van der Waals surface area contributed by atoms with Crippen molar-refractivity contribution in [1.82, 2.24) is 0 Å². The van der Waals surface area contributed by atoms with Crippen molar-refractivity contribution in [3.8, 4) is 11.5 Å². The quantitative estimate of drug-likeness (QED) is 0.723. The first kappa shape index (κ1) is 11.9. The molecule has 1 aliphatic rings. The summed E-state index contributed by atoms with van der Waals surface area (Å²) in [5.41, 5.74) is 0.447. The van der Waals surface area contributed by atoms with E-state index in [4.69, 9.17) is 18.9 Å². The summed E-state index contributed by atoms with van der Waals surface area (Å²) in [4.78, 5) is 10.9. The van der Waals surface area contributed by atoms with Crippen LogP contribution in [0, 0.1) is 0 Å². The molecular formula is C12H14O5. The van der Waals surface area contributed by atoms with E-state index in [0.29, 0.717) is 30.3 Å². The van der Waals surface area contributed by atoms with E-state index in [-0.39, 0.29) is 12.9 Å². The van der Waals surface area contributed by atoms with Gasteiger partial charge >= 0.3 is 0 Å². The fourth-order valence-corrected chi connectivity index (χ4v) is 1.60. The van der Waals surface area contributed by atoms with Crippen LogP contribution in [0.4, 0.5) is 0 Å². The monoisotopic (exact) mass is 238 g/mol. The second-order valence-electron chi connectivity index (χ2n) is 3.48. The minimum Gasteiger partial charge on any atom is -0.493 e. The number of para-hydroxylation sites is 1. The van der Waals surface area contributed by atoms with Crippen molar-refractivity contribution in [2.75, 3.05) is 26.9 Å². The van der Waals surface area contributed by atoms with Gasteiger partial charge in [-0.15, -0.1) is 0 Å². The van der Waals surface area contributed by atoms with Gasteiger partial charge in [-0.2, -0.15) is 0 Å². The van der Waals surface area contributed by atoms with Crippen molar-refractivity contribution < 1.29 is 23.7 Å². The molecule has 0 aliphatic carbocycles. The highest BCUT2D eigenvalue weighted by atomic mass is 16.7. The van der Waals surface area contributed by atoms with E-state index in [1.807, 2.05) is 0 Å². The fraction of sp³-hybridized carbons (Fsp3) is 0.417. The zero-order valence-corrected chi connectivity index (χ0v) is 9.55. The van der Waals surface area contributed by atoms with Gasteiger partial charge in [0.2, 0.25) is 0 Å². The number of methoxy groups -OCH3 is 1. The number of hydrogen-bond donors (Lipinski definition) is 0. The van der Waals surface area contributed by atoms with E-state index in [9.17, 15) is 4.79 Å². The lowest BCUT2D eigenvalue weighted by atomic mass is 10.2. The third-order valence-corrected chi connectivity index (χ3v) is 2.41. The van der Waals surface area contributed by atoms with Crippen molar-refractivity contribution in [3.63, 3.8) is 0 Å². The standard InChI is InChI=1S/C12H14O5/c1-14-10-4-2-3-9(7-13)12(10)17-8-11-15-5-6-16-11/h2-4,7,11H,5-6,8H2,1H3. The summed E-state index contributed by atoms with van der Waals surface area (Å²) in [7, 11) is 1.53. The lowest BCUT2D eigenvalue weighted by Crippen LogP contribution is -2.19. The van der Waals surface area contributed by atoms with Crippen LogP contribution in [-0.2, 0) is 9.47 Å². The average molecular weight is 238 g/mol. The highest BCUT2D eigenvalue weighted by Crippen LogP contribution is 2.30. The SMILES string of the molecule is COc1cccc(C=O)c1OCC1OCCO1. The summed E-state index contributed by atoms with van der Waals surface area (Å²) in [5.74, 6) is 0.941. The van der Waals surface area contributed by atoms with Crippen LogP contribution in [0.15, 0.2) is 18.2 Å². The van der Waals surface area contributed by atoms with Crippen molar-refractivity contribution in [2.45, 2.75) is 6.29 Å². The molecule has 17 heavy (non-hydrogen) atoms. The molecule has 5 nitrogen and oxygen atoms in total. The van der Waals surface area contributed by atoms with Crippen LogP contribution < -0.4 is 9.47 Å². The van der Waals surface area contributed by atoms with Gasteiger partial charge < -0.3 is 18.9 Å². The largest absolute Gasteiger partial charge is 0.493 e. The van der Waals surface area contributed by atoms with Crippen LogP contribution in [0.2, 0.25) is 0 Å². The average Bonchev–Trinajstić information content (AvgIpc) is 2.88. The summed E-state index contributed by atoms with van der Waals surface area (Å²) in [6.07, 6.45) is 0.355. The number of benzene rings is 1. The third-order valence-electron chi connectivity index (χ3n) is 2.41. The van der Waals surface area contributed by atoms with Gasteiger partial charge in [-0.3, -0.25) is 4.79 Å². The van der Waals surface area contributed by atoms with E-state index in [2.05, 4.69) is 0 Å². The molecule has 0 amide bonds. The first-order valence-corrected chi connectivity index (χ1v) is 5.33. The Labute approximate surface area is 99.2 Å². The Morgan fingerprint density at radius 3 is 2.82 bits per heavy atom. The Morgan fingerprint density at radius 1 is 1.41 bits per heavy atom. The Morgan fingerprint density at radius 2 is 2.18 bits per heavy atom. The highest BCUT2D eigenvalue weighted by molar-refractivity contribution is 5.81. The van der Waals surface area contributed by atoms with E-state index < -0.39 is 0 Å². The molecule has 0 spiro atoms. The van der Waals surface area contributed by atoms with Gasteiger partial charge in [-0.25, -0.2) is 0 Å². The molecule has 1 aliphatic heterocycles. The summed E-state index contributed by atoms with van der Waals surface area (Å²) in [5, 5.41) is 0. The van der Waals surface area contributed by atoms with Gasteiger partial charge in [0.1, 0.15) is 6.61 Å². The summed E-state index contributed by atoms with van der Waals surface area (Å²) in [6, 6.07) is 5.14. The van der Waals surface area contributed by atoms with Crippen LogP contribution in [0.1, 0.15) is 10.4 Å². The molecule has 2 rings (SSSR count). The van der Waals surface area contributed by atoms with E-state index >= 15 is 0 Å². The lowest BCUT2D eigenvalue weighted by Gasteiger charge is -2.14. The summed E-state index contributed by atoms with van der Waals surface area (Å²) >= 11 is 0. The molecule has 1 aromatic carbocycles. The van der Waals surface area contributed by atoms with Gasteiger partial charge in [0.05, 0.1) is 25.9 Å². The van der Waals surface area contributed by atoms with Crippen molar-refractivity contribution in [1.29, 1.82) is 0 Å². The molecule has 0 N–H and O–H groups in total. The summed E-state index contributed by atoms with van der Waals surface area (Å²) in [6.45, 7) is 1.38. The van der Waals surface area contributed by atoms with Gasteiger partial charge in [-0.05, 0) is 12.1 Å². The van der Waals surface area contributed by atoms with Crippen LogP contribution in [0.25, 0.3) is 0 Å². The van der Waals surface area contributed by atoms with Gasteiger partial charge in [0.25, 0.3) is 0 Å². The van der Waals surface area contributed by atoms with Crippen LogP contribution in [-0.4, -0.2) is 39.5 Å². The number of carbonyl (C=O) groups excluding carboxylic acids is 1. The van der Waals surface area contributed by atoms with Crippen LogP contribution in [0.3, 0.4) is 0 Å². The third kappa shape index (κ3) is 2.75. The normalized spacial score (nSPS) is 15.8. The van der Waals surface area contributed by atoms with Gasteiger partial charge in [0, 0.05) is 0 Å². The number of ether oxygens (including phenoxy) is 4. The maximum atomic E-state index is 10.9. The molecule has 1 heterocycles. The second-order valence-corrected chi connectivity index (χ2v) is 3.48. The summed E-state index contributed by atoms with van der Waals surface area (Å²) < 4.78 is 21.2. The van der Waals surface area contributed by atoms with Crippen molar-refractivity contribution in [3.05, 3.63) is 23.8 Å². The predicted molar refractivity (Wildman–Crippen MR) is 59.6 cm³/mol. The number of carbonyl (C=O) groups is 1. The molecule has 0 bridgehead atoms. The van der Waals surface area contributed by atoms with Gasteiger partial charge in [0.15, 0.2) is 24.1 Å². The Kier molecular flexibility index (Phi) is 3.95. The Bertz CT molecular complexity index is 384. The lowest BCUT2D eigenvalue weighted by molar-refractivity contribution is -0.0687. The zero-order chi connectivity index (χ0) is 12.1. The molecule has 1 saturated heterocycles. The minimum absolute atomic E-state index is 0.237. The van der Waals surface area contributed by atoms with Crippen molar-refractivity contribution >= 4 is 6.29 Å². The first-order valence-electron chi connectivity index (χ1n) is 5.33. The van der Waals surface area contributed by atoms with Crippen LogP contribution >= 0.6 is 0 Å². The van der Waals surface area contributed by atoms with Crippen molar-refractivity contribution in [2.24, 2.45) is 0 Å². The predicted octanol–water partition coefficient (Wildman–Crippen LogP) is 1.26. The maximum Gasteiger partial charge on any atom is 0.191 e. The molecule has 0 saturated carbocycles. The molecule has 92 valence electrons. The molecule has 0 unspecified atom stereocenters. The zero-order valence-electron chi connectivity index (χ0n) is 9.55. The molecule has 1 fully saturated rings. The molecular weight excluding hydrogens is 224 g/mol. The molecule has 0 aromatic heterocycles. The molecule has 5 heteroatoms. The fourth-order valence-electron chi connectivity index (χ4n) is 1.60. The molecule has 1 aromatic rings. The number of rotatable bonds is 5. The number of hydrogen-bond acceptors (Lipinski definition) is 5. The number of aldehydes is 1. The van der Waals surface area contributed by atoms with E-state index in [0.717, 1.165) is 6.29 Å². The minimum atomic E-state index is -0.376. The topological polar surface area (TPSA) is 54.0 Å². The van der Waals surface area contributed by atoms with E-state index in [1.165, 1.54) is 7.11 Å².